The number of nitrogens with zero attached hydrogens (tertiary/aromatic N) is 1. The first-order chi connectivity index (χ1) is 10.2. The molecule has 1 aromatic carbocycles. The van der Waals surface area contributed by atoms with E-state index in [0.717, 1.165) is 5.56 Å². The first-order valence-electron chi connectivity index (χ1n) is 6.72. The lowest BCUT2D eigenvalue weighted by molar-refractivity contribution is -0.153. The normalized spacial score (nSPS) is 19.0. The summed E-state index contributed by atoms with van der Waals surface area (Å²) in [6, 6.07) is 6.76. The predicted octanol–water partition coefficient (Wildman–Crippen LogP) is 0.847. The van der Waals surface area contributed by atoms with E-state index < -0.39 is 0 Å². The third kappa shape index (κ3) is 3.80. The molecule has 1 aliphatic heterocycles. The predicted molar refractivity (Wildman–Crippen MR) is 74.8 cm³/mol. The second-order valence-electron chi connectivity index (χ2n) is 4.77. The molecule has 0 N–H and O–H groups in total. The second kappa shape index (κ2) is 7.19. The number of methoxy groups -OCH3 is 2. The van der Waals surface area contributed by atoms with E-state index in [9.17, 15) is 9.59 Å². The summed E-state index contributed by atoms with van der Waals surface area (Å²) in [4.78, 5) is 25.1. The van der Waals surface area contributed by atoms with Gasteiger partial charge in [0.25, 0.3) is 0 Å². The molecule has 0 radical (unpaired) electrons. The van der Waals surface area contributed by atoms with Crippen LogP contribution in [0.1, 0.15) is 15.9 Å². The van der Waals surface area contributed by atoms with Crippen molar-refractivity contribution >= 4 is 11.9 Å². The van der Waals surface area contributed by atoms with E-state index in [4.69, 9.17) is 9.47 Å². The molecule has 1 unspecified atom stereocenters. The Hall–Kier alpha value is -1.92. The topological polar surface area (TPSA) is 65.1 Å². The molecule has 6 heteroatoms. The summed E-state index contributed by atoms with van der Waals surface area (Å²) in [5.74, 6) is -0.652. The number of hydrogen-bond donors (Lipinski definition) is 0. The van der Waals surface area contributed by atoms with E-state index in [1.165, 1.54) is 14.2 Å². The van der Waals surface area contributed by atoms with Crippen LogP contribution in [0.5, 0.6) is 0 Å². The maximum absolute atomic E-state index is 11.7. The average molecular weight is 293 g/mol. The van der Waals surface area contributed by atoms with Crippen molar-refractivity contribution in [2.45, 2.75) is 12.6 Å². The van der Waals surface area contributed by atoms with E-state index >= 15 is 0 Å². The zero-order valence-electron chi connectivity index (χ0n) is 12.2. The molecule has 0 saturated carbocycles. The van der Waals surface area contributed by atoms with Crippen molar-refractivity contribution in [1.82, 2.24) is 4.90 Å². The summed E-state index contributed by atoms with van der Waals surface area (Å²) in [5, 5.41) is 0. The SMILES string of the molecule is COC(=O)c1ccc(CN2CCOCC2C(=O)OC)cc1. The van der Waals surface area contributed by atoms with Crippen molar-refractivity contribution in [2.75, 3.05) is 34.0 Å². The third-order valence-electron chi connectivity index (χ3n) is 3.47. The molecular weight excluding hydrogens is 274 g/mol. The fourth-order valence-electron chi connectivity index (χ4n) is 2.28. The van der Waals surface area contributed by atoms with Gasteiger partial charge in [-0.05, 0) is 17.7 Å². The molecule has 1 fully saturated rings. The lowest BCUT2D eigenvalue weighted by Gasteiger charge is -2.33. The molecule has 2 rings (SSSR count). The number of benzene rings is 1. The average Bonchev–Trinajstić information content (AvgIpc) is 2.54. The van der Waals surface area contributed by atoms with E-state index in [0.29, 0.717) is 31.9 Å². The molecule has 0 aliphatic carbocycles. The maximum atomic E-state index is 11.7. The third-order valence-corrected chi connectivity index (χ3v) is 3.47. The maximum Gasteiger partial charge on any atom is 0.337 e. The largest absolute Gasteiger partial charge is 0.468 e. The zero-order chi connectivity index (χ0) is 15.2. The minimum Gasteiger partial charge on any atom is -0.468 e. The molecule has 114 valence electrons. The molecule has 0 amide bonds. The Labute approximate surface area is 123 Å². The standard InChI is InChI=1S/C15H19NO5/c1-19-14(17)12-5-3-11(4-6-12)9-16-7-8-21-10-13(16)15(18)20-2/h3-6,13H,7-10H2,1-2H3. The van der Waals surface area contributed by atoms with E-state index in [-0.39, 0.29) is 18.0 Å². The molecule has 1 saturated heterocycles. The van der Waals surface area contributed by atoms with Gasteiger partial charge in [-0.15, -0.1) is 0 Å². The number of rotatable bonds is 4. The van der Waals surface area contributed by atoms with Crippen molar-refractivity contribution in [3.05, 3.63) is 35.4 Å². The molecule has 1 heterocycles. The highest BCUT2D eigenvalue weighted by atomic mass is 16.5. The van der Waals surface area contributed by atoms with Gasteiger partial charge in [-0.1, -0.05) is 12.1 Å². The van der Waals surface area contributed by atoms with Crippen LogP contribution in [0.4, 0.5) is 0 Å². The summed E-state index contributed by atoms with van der Waals surface area (Å²) < 4.78 is 14.8. The van der Waals surface area contributed by atoms with Gasteiger partial charge in [0.2, 0.25) is 0 Å². The van der Waals surface area contributed by atoms with Crippen LogP contribution in [-0.4, -0.2) is 56.9 Å². The van der Waals surface area contributed by atoms with Gasteiger partial charge in [0.15, 0.2) is 0 Å². The highest BCUT2D eigenvalue weighted by molar-refractivity contribution is 5.89. The number of esters is 2. The number of carbonyl (C=O) groups excluding carboxylic acids is 2. The summed E-state index contributed by atoms with van der Waals surface area (Å²) in [6.07, 6.45) is 0. The lowest BCUT2D eigenvalue weighted by Crippen LogP contribution is -2.49. The minimum atomic E-state index is -0.385. The van der Waals surface area contributed by atoms with Gasteiger partial charge in [-0.2, -0.15) is 0 Å². The van der Waals surface area contributed by atoms with Crippen LogP contribution in [0.3, 0.4) is 0 Å². The van der Waals surface area contributed by atoms with Gasteiger partial charge < -0.3 is 14.2 Å². The second-order valence-corrected chi connectivity index (χ2v) is 4.77. The Morgan fingerprint density at radius 2 is 1.95 bits per heavy atom. The van der Waals surface area contributed by atoms with Crippen molar-refractivity contribution < 1.29 is 23.8 Å². The molecule has 6 nitrogen and oxygen atoms in total. The van der Waals surface area contributed by atoms with Crippen molar-refractivity contribution in [2.24, 2.45) is 0 Å². The molecule has 21 heavy (non-hydrogen) atoms. The number of hydrogen-bond acceptors (Lipinski definition) is 6. The number of carbonyl (C=O) groups is 2. The van der Waals surface area contributed by atoms with Crippen molar-refractivity contribution in [3.8, 4) is 0 Å². The smallest absolute Gasteiger partial charge is 0.337 e. The van der Waals surface area contributed by atoms with E-state index in [2.05, 4.69) is 4.74 Å². The molecule has 0 spiro atoms. The molecule has 0 bridgehead atoms. The fourth-order valence-corrected chi connectivity index (χ4v) is 2.28. The Balaban J connectivity index is 2.05. The van der Waals surface area contributed by atoms with Crippen LogP contribution in [0.2, 0.25) is 0 Å². The van der Waals surface area contributed by atoms with Crippen LogP contribution < -0.4 is 0 Å². The molecule has 1 aliphatic rings. The van der Waals surface area contributed by atoms with E-state index in [1.807, 2.05) is 17.0 Å². The first-order valence-corrected chi connectivity index (χ1v) is 6.72. The van der Waals surface area contributed by atoms with Crippen molar-refractivity contribution in [3.63, 3.8) is 0 Å². The Kier molecular flexibility index (Phi) is 5.30. The highest BCUT2D eigenvalue weighted by Crippen LogP contribution is 2.14. The van der Waals surface area contributed by atoms with Gasteiger partial charge >= 0.3 is 11.9 Å². The highest BCUT2D eigenvalue weighted by Gasteiger charge is 2.30. The Morgan fingerprint density at radius 3 is 2.57 bits per heavy atom. The van der Waals surface area contributed by atoms with E-state index in [1.54, 1.807) is 12.1 Å². The zero-order valence-corrected chi connectivity index (χ0v) is 12.2. The van der Waals surface area contributed by atoms with Crippen LogP contribution in [-0.2, 0) is 25.5 Å². The molecule has 1 aromatic rings. The van der Waals surface area contributed by atoms with Crippen LogP contribution in [0.25, 0.3) is 0 Å². The van der Waals surface area contributed by atoms with Crippen LogP contribution in [0.15, 0.2) is 24.3 Å². The lowest BCUT2D eigenvalue weighted by atomic mass is 10.1. The Morgan fingerprint density at radius 1 is 1.24 bits per heavy atom. The van der Waals surface area contributed by atoms with Crippen LogP contribution in [0, 0.1) is 0 Å². The summed E-state index contributed by atoms with van der Waals surface area (Å²) in [5.41, 5.74) is 1.52. The van der Waals surface area contributed by atoms with Gasteiger partial charge in [0, 0.05) is 13.1 Å². The van der Waals surface area contributed by atoms with Gasteiger partial charge in [-0.25, -0.2) is 4.79 Å². The first kappa shape index (κ1) is 15.5. The van der Waals surface area contributed by atoms with Crippen molar-refractivity contribution in [1.29, 1.82) is 0 Å². The fraction of sp³-hybridized carbons (Fsp3) is 0.467. The van der Waals surface area contributed by atoms with Crippen LogP contribution >= 0.6 is 0 Å². The molecule has 1 atom stereocenters. The number of ether oxygens (including phenoxy) is 3. The summed E-state index contributed by atoms with van der Waals surface area (Å²) in [6.45, 7) is 2.20. The Bertz CT molecular complexity index is 499. The molecule has 0 aromatic heterocycles. The number of morpholine rings is 1. The monoisotopic (exact) mass is 293 g/mol. The molecular formula is C15H19NO5. The summed E-state index contributed by atoms with van der Waals surface area (Å²) >= 11 is 0. The van der Waals surface area contributed by atoms with Gasteiger partial charge in [0.1, 0.15) is 6.04 Å². The quantitative estimate of drug-likeness (QED) is 0.767. The van der Waals surface area contributed by atoms with Gasteiger partial charge in [-0.3, -0.25) is 9.69 Å². The van der Waals surface area contributed by atoms with Gasteiger partial charge in [0.05, 0.1) is 33.0 Å². The minimum absolute atomic E-state index is 0.291. The summed E-state index contributed by atoms with van der Waals surface area (Å²) in [7, 11) is 2.73.